The molecule has 1 N–H and O–H groups in total. The second kappa shape index (κ2) is 9.00. The number of amides is 1. The summed E-state index contributed by atoms with van der Waals surface area (Å²) in [5, 5.41) is 5.53. The highest BCUT2D eigenvalue weighted by Crippen LogP contribution is 2.26. The quantitative estimate of drug-likeness (QED) is 0.603. The van der Waals surface area contributed by atoms with Crippen molar-refractivity contribution in [2.45, 2.75) is 6.54 Å². The van der Waals surface area contributed by atoms with E-state index in [9.17, 15) is 4.79 Å². The molecule has 3 heterocycles. The summed E-state index contributed by atoms with van der Waals surface area (Å²) < 4.78 is 6.44. The van der Waals surface area contributed by atoms with Crippen molar-refractivity contribution in [1.29, 1.82) is 0 Å². The molecule has 0 radical (unpaired) electrons. The maximum Gasteiger partial charge on any atom is 0.240 e. The molecule has 8 heteroatoms. The van der Waals surface area contributed by atoms with Crippen molar-refractivity contribution < 1.29 is 9.21 Å². The van der Waals surface area contributed by atoms with Gasteiger partial charge in [-0.05, 0) is 24.3 Å². The number of nitrogens with one attached hydrogen (secondary N) is 1. The first-order valence-electron chi connectivity index (χ1n) is 9.14. The van der Waals surface area contributed by atoms with Crippen molar-refractivity contribution in [2.24, 2.45) is 0 Å². The molecule has 1 aliphatic heterocycles. The number of anilines is 1. The number of hydrogen-bond donors (Lipinski definition) is 1. The molecule has 1 aromatic carbocycles. The van der Waals surface area contributed by atoms with Crippen molar-refractivity contribution in [3.63, 3.8) is 0 Å². The zero-order valence-corrected chi connectivity index (χ0v) is 17.7. The van der Waals surface area contributed by atoms with E-state index in [4.69, 9.17) is 4.42 Å². The van der Waals surface area contributed by atoms with Gasteiger partial charge in [-0.25, -0.2) is 4.98 Å². The monoisotopic (exact) mass is 460 g/mol. The standard InChI is InChI=1S/C20H21BrN4O2S/c21-16-5-3-15(4-6-16)18-14-28-20(22-18)23-19(26)13-25-9-7-24(8-10-25)12-17-2-1-11-27-17/h1-6,11,14H,7-10,12-13H2,(H,22,23,26). The number of benzene rings is 1. The Morgan fingerprint density at radius 2 is 1.89 bits per heavy atom. The Labute approximate surface area is 176 Å². The number of nitrogens with zero attached hydrogens (tertiary/aromatic N) is 3. The lowest BCUT2D eigenvalue weighted by Gasteiger charge is -2.33. The summed E-state index contributed by atoms with van der Waals surface area (Å²) >= 11 is 4.88. The Balaban J connectivity index is 1.24. The van der Waals surface area contributed by atoms with Crippen LogP contribution >= 0.6 is 27.3 Å². The predicted octanol–water partition coefficient (Wildman–Crippen LogP) is 3.92. The largest absolute Gasteiger partial charge is 0.468 e. The molecule has 0 saturated carbocycles. The van der Waals surface area contributed by atoms with Crippen molar-refractivity contribution in [2.75, 3.05) is 38.0 Å². The van der Waals surface area contributed by atoms with Crippen LogP contribution in [0.2, 0.25) is 0 Å². The Morgan fingerprint density at radius 1 is 1.14 bits per heavy atom. The van der Waals surface area contributed by atoms with Crippen molar-refractivity contribution in [3.8, 4) is 11.3 Å². The molecule has 0 atom stereocenters. The summed E-state index contributed by atoms with van der Waals surface area (Å²) in [5.74, 6) is 0.965. The number of thiazole rings is 1. The molecule has 2 aromatic heterocycles. The number of aromatic nitrogens is 1. The molecule has 0 aliphatic carbocycles. The lowest BCUT2D eigenvalue weighted by molar-refractivity contribution is -0.117. The molecule has 6 nitrogen and oxygen atoms in total. The minimum absolute atomic E-state index is 0.0174. The topological polar surface area (TPSA) is 61.6 Å². The third kappa shape index (κ3) is 5.08. The van der Waals surface area contributed by atoms with E-state index in [0.717, 1.165) is 54.2 Å². The molecule has 1 aliphatic rings. The van der Waals surface area contributed by atoms with Crippen molar-refractivity contribution in [1.82, 2.24) is 14.8 Å². The van der Waals surface area contributed by atoms with Gasteiger partial charge in [0.25, 0.3) is 0 Å². The predicted molar refractivity (Wildman–Crippen MR) is 114 cm³/mol. The van der Waals surface area contributed by atoms with E-state index in [0.29, 0.717) is 11.7 Å². The van der Waals surface area contributed by atoms with Crippen LogP contribution in [0.3, 0.4) is 0 Å². The zero-order valence-electron chi connectivity index (χ0n) is 15.3. The van der Waals surface area contributed by atoms with E-state index in [1.54, 1.807) is 6.26 Å². The minimum atomic E-state index is -0.0174. The summed E-state index contributed by atoms with van der Waals surface area (Å²) in [4.78, 5) is 21.4. The van der Waals surface area contributed by atoms with Gasteiger partial charge in [-0.2, -0.15) is 0 Å². The Bertz CT molecular complexity index is 903. The molecule has 1 saturated heterocycles. The summed E-state index contributed by atoms with van der Waals surface area (Å²) in [5.41, 5.74) is 1.91. The number of rotatable bonds is 6. The fraction of sp³-hybridized carbons (Fsp3) is 0.300. The van der Waals surface area contributed by atoms with Crippen LogP contribution in [0.5, 0.6) is 0 Å². The van der Waals surface area contributed by atoms with Gasteiger partial charge >= 0.3 is 0 Å². The van der Waals surface area contributed by atoms with E-state index < -0.39 is 0 Å². The van der Waals surface area contributed by atoms with E-state index in [2.05, 4.69) is 36.0 Å². The average molecular weight is 461 g/mol. The van der Waals surface area contributed by atoms with Crippen LogP contribution in [0, 0.1) is 0 Å². The van der Waals surface area contributed by atoms with Gasteiger partial charge in [-0.15, -0.1) is 11.3 Å². The molecule has 1 amide bonds. The number of halogens is 1. The van der Waals surface area contributed by atoms with Gasteiger partial charge in [0.05, 0.1) is 25.0 Å². The molecule has 28 heavy (non-hydrogen) atoms. The highest BCUT2D eigenvalue weighted by atomic mass is 79.9. The smallest absolute Gasteiger partial charge is 0.240 e. The van der Waals surface area contributed by atoms with E-state index in [1.165, 1.54) is 11.3 Å². The van der Waals surface area contributed by atoms with Gasteiger partial charge in [0.2, 0.25) is 5.91 Å². The van der Waals surface area contributed by atoms with Gasteiger partial charge in [0.15, 0.2) is 5.13 Å². The van der Waals surface area contributed by atoms with E-state index in [-0.39, 0.29) is 5.91 Å². The number of hydrogen-bond acceptors (Lipinski definition) is 6. The number of furan rings is 1. The maximum absolute atomic E-state index is 12.4. The molecule has 1 fully saturated rings. The minimum Gasteiger partial charge on any atom is -0.468 e. The fourth-order valence-corrected chi connectivity index (χ4v) is 4.17. The first kappa shape index (κ1) is 19.3. The molecular formula is C20H21BrN4O2S. The Hall–Kier alpha value is -2.00. The maximum atomic E-state index is 12.4. The van der Waals surface area contributed by atoms with Crippen LogP contribution in [-0.2, 0) is 11.3 Å². The normalized spacial score (nSPS) is 15.6. The molecule has 0 spiro atoms. The number of carbonyl (C=O) groups is 1. The highest BCUT2D eigenvalue weighted by Gasteiger charge is 2.20. The van der Waals surface area contributed by atoms with Crippen LogP contribution in [0.1, 0.15) is 5.76 Å². The summed E-state index contributed by atoms with van der Waals surface area (Å²) in [6, 6.07) is 11.9. The average Bonchev–Trinajstić information content (AvgIpc) is 3.36. The van der Waals surface area contributed by atoms with E-state index >= 15 is 0 Å². The van der Waals surface area contributed by atoms with Gasteiger partial charge in [0.1, 0.15) is 5.76 Å². The van der Waals surface area contributed by atoms with Crippen molar-refractivity contribution in [3.05, 3.63) is 58.3 Å². The second-order valence-electron chi connectivity index (χ2n) is 6.72. The lowest BCUT2D eigenvalue weighted by atomic mass is 10.2. The first-order chi connectivity index (χ1) is 13.7. The summed E-state index contributed by atoms with van der Waals surface area (Å²) in [6.45, 7) is 4.82. The van der Waals surface area contributed by atoms with Gasteiger partial charge in [-0.3, -0.25) is 14.6 Å². The third-order valence-electron chi connectivity index (χ3n) is 4.68. The highest BCUT2D eigenvalue weighted by molar-refractivity contribution is 9.10. The summed E-state index contributed by atoms with van der Waals surface area (Å²) in [7, 11) is 0. The van der Waals surface area contributed by atoms with Gasteiger partial charge in [0, 0.05) is 41.6 Å². The molecule has 0 unspecified atom stereocenters. The van der Waals surface area contributed by atoms with Crippen LogP contribution < -0.4 is 5.32 Å². The second-order valence-corrected chi connectivity index (χ2v) is 8.50. The van der Waals surface area contributed by atoms with Gasteiger partial charge < -0.3 is 9.73 Å². The Kier molecular flexibility index (Phi) is 6.21. The molecule has 4 rings (SSSR count). The van der Waals surface area contributed by atoms with Crippen LogP contribution in [0.4, 0.5) is 5.13 Å². The fourth-order valence-electron chi connectivity index (χ4n) is 3.17. The van der Waals surface area contributed by atoms with Crippen LogP contribution in [-0.4, -0.2) is 53.4 Å². The number of piperazine rings is 1. The third-order valence-corrected chi connectivity index (χ3v) is 5.97. The SMILES string of the molecule is O=C(CN1CCN(Cc2ccco2)CC1)Nc1nc(-c2ccc(Br)cc2)cs1. The van der Waals surface area contributed by atoms with E-state index in [1.807, 2.05) is 41.8 Å². The Morgan fingerprint density at radius 3 is 2.61 bits per heavy atom. The van der Waals surface area contributed by atoms with Crippen LogP contribution in [0.15, 0.2) is 56.9 Å². The zero-order chi connectivity index (χ0) is 19.3. The molecule has 3 aromatic rings. The van der Waals surface area contributed by atoms with Crippen LogP contribution in [0.25, 0.3) is 11.3 Å². The molecule has 0 bridgehead atoms. The molecular weight excluding hydrogens is 440 g/mol. The molecule has 146 valence electrons. The summed E-state index contributed by atoms with van der Waals surface area (Å²) in [6.07, 6.45) is 1.71. The van der Waals surface area contributed by atoms with Gasteiger partial charge in [-0.1, -0.05) is 28.1 Å². The number of carbonyl (C=O) groups excluding carboxylic acids is 1. The first-order valence-corrected chi connectivity index (χ1v) is 10.8. The van der Waals surface area contributed by atoms with Crippen molar-refractivity contribution >= 4 is 38.3 Å². The lowest BCUT2D eigenvalue weighted by Crippen LogP contribution is -2.48.